The molecule has 0 saturated carbocycles. The molecule has 2 aromatic carbocycles. The maximum Gasteiger partial charge on any atom is 0.272 e. The monoisotopic (exact) mass is 465 g/mol. The fourth-order valence-electron chi connectivity index (χ4n) is 3.83. The Morgan fingerprint density at radius 2 is 1.67 bits per heavy atom. The Kier molecular flexibility index (Phi) is 7.00. The normalized spacial score (nSPS) is 15.1. The minimum atomic E-state index is -3.55. The van der Waals surface area contributed by atoms with Gasteiger partial charge in [0.2, 0.25) is 10.0 Å². The highest BCUT2D eigenvalue weighted by Crippen LogP contribution is 2.22. The summed E-state index contributed by atoms with van der Waals surface area (Å²) in [5.41, 5.74) is 1.99. The molecular formula is C24H27N5O3S. The van der Waals surface area contributed by atoms with Crippen molar-refractivity contribution in [2.75, 3.05) is 31.1 Å². The quantitative estimate of drug-likeness (QED) is 0.601. The smallest absolute Gasteiger partial charge is 0.272 e. The van der Waals surface area contributed by atoms with Crippen molar-refractivity contribution < 1.29 is 13.2 Å². The molecule has 1 N–H and O–H groups in total. The Hall–Kier alpha value is -3.30. The molecule has 0 aliphatic carbocycles. The topological polar surface area (TPSA) is 95.5 Å². The number of rotatable bonds is 6. The van der Waals surface area contributed by atoms with Crippen LogP contribution in [0.25, 0.3) is 0 Å². The lowest BCUT2D eigenvalue weighted by Gasteiger charge is -2.23. The van der Waals surface area contributed by atoms with Gasteiger partial charge in [-0.1, -0.05) is 48.5 Å². The van der Waals surface area contributed by atoms with E-state index in [1.807, 2.05) is 54.3 Å². The Morgan fingerprint density at radius 1 is 0.909 bits per heavy atom. The molecular weight excluding hydrogens is 438 g/mol. The highest BCUT2D eigenvalue weighted by Gasteiger charge is 2.28. The van der Waals surface area contributed by atoms with E-state index in [9.17, 15) is 13.2 Å². The molecule has 1 aliphatic rings. The summed E-state index contributed by atoms with van der Waals surface area (Å²) in [7, 11) is -3.55. The summed E-state index contributed by atoms with van der Waals surface area (Å²) in [4.78, 5) is 14.7. The number of benzene rings is 2. The van der Waals surface area contributed by atoms with Crippen molar-refractivity contribution in [2.24, 2.45) is 0 Å². The molecule has 8 nitrogen and oxygen atoms in total. The van der Waals surface area contributed by atoms with E-state index in [-0.39, 0.29) is 11.6 Å². The van der Waals surface area contributed by atoms with Crippen molar-refractivity contribution >= 4 is 21.7 Å². The molecule has 1 fully saturated rings. The molecule has 172 valence electrons. The molecule has 1 aliphatic heterocycles. The van der Waals surface area contributed by atoms with Crippen LogP contribution in [0.1, 0.15) is 28.0 Å². The fraction of sp³-hybridized carbons (Fsp3) is 0.292. The summed E-state index contributed by atoms with van der Waals surface area (Å²) in [6, 6.07) is 20.1. The van der Waals surface area contributed by atoms with Gasteiger partial charge in [0.1, 0.15) is 0 Å². The minimum absolute atomic E-state index is 0.244. The minimum Gasteiger partial charge on any atom is -0.354 e. The first-order valence-corrected chi connectivity index (χ1v) is 12.4. The number of carbonyl (C=O) groups excluding carboxylic acids is 1. The molecule has 3 aromatic rings. The number of hydrogen-bond acceptors (Lipinski definition) is 6. The third-order valence-electron chi connectivity index (χ3n) is 5.67. The van der Waals surface area contributed by atoms with Crippen LogP contribution in [-0.4, -0.2) is 55.0 Å². The molecule has 9 heteroatoms. The number of amides is 1. The van der Waals surface area contributed by atoms with E-state index >= 15 is 0 Å². The zero-order valence-corrected chi connectivity index (χ0v) is 19.3. The van der Waals surface area contributed by atoms with E-state index in [2.05, 4.69) is 15.5 Å². The van der Waals surface area contributed by atoms with Gasteiger partial charge in [-0.3, -0.25) is 4.79 Å². The van der Waals surface area contributed by atoms with E-state index in [1.165, 1.54) is 4.31 Å². The van der Waals surface area contributed by atoms with Crippen molar-refractivity contribution in [3.8, 4) is 0 Å². The summed E-state index contributed by atoms with van der Waals surface area (Å²) in [5.74, 6) is 0.342. The predicted molar refractivity (Wildman–Crippen MR) is 126 cm³/mol. The van der Waals surface area contributed by atoms with Crippen molar-refractivity contribution in [1.29, 1.82) is 0 Å². The van der Waals surface area contributed by atoms with E-state index in [0.29, 0.717) is 49.9 Å². The summed E-state index contributed by atoms with van der Waals surface area (Å²) in [6.07, 6.45) is 0.673. The van der Waals surface area contributed by atoms with E-state index < -0.39 is 10.0 Å². The Morgan fingerprint density at radius 3 is 2.39 bits per heavy atom. The molecule has 1 aromatic heterocycles. The Balaban J connectivity index is 1.38. The molecule has 0 bridgehead atoms. The van der Waals surface area contributed by atoms with Crippen LogP contribution in [0.3, 0.4) is 0 Å². The van der Waals surface area contributed by atoms with Gasteiger partial charge in [-0.2, -0.15) is 4.31 Å². The van der Waals surface area contributed by atoms with Gasteiger partial charge in [0.05, 0.1) is 4.90 Å². The number of carbonyl (C=O) groups is 1. The van der Waals surface area contributed by atoms with Gasteiger partial charge < -0.3 is 10.2 Å². The zero-order chi connectivity index (χ0) is 23.3. The molecule has 0 atom stereocenters. The predicted octanol–water partition coefficient (Wildman–Crippen LogP) is 2.62. The average molecular weight is 466 g/mol. The van der Waals surface area contributed by atoms with Crippen LogP contribution in [0.15, 0.2) is 71.6 Å². The number of aromatic nitrogens is 2. The molecule has 1 saturated heterocycles. The molecule has 2 heterocycles. The van der Waals surface area contributed by atoms with E-state index in [0.717, 1.165) is 11.1 Å². The first-order chi connectivity index (χ1) is 15.9. The Labute approximate surface area is 194 Å². The second-order valence-corrected chi connectivity index (χ2v) is 9.86. The van der Waals surface area contributed by atoms with E-state index in [1.54, 1.807) is 24.3 Å². The SMILES string of the molecule is Cc1ccccc1S(=O)(=O)N1CCCN(c2ccc(C(=O)NCc3ccccc3)nn2)CC1. The van der Waals surface area contributed by atoms with E-state index in [4.69, 9.17) is 0 Å². The second kappa shape index (κ2) is 10.1. The van der Waals surface area contributed by atoms with Gasteiger partial charge in [-0.05, 0) is 42.7 Å². The van der Waals surface area contributed by atoms with Gasteiger partial charge in [0.15, 0.2) is 11.5 Å². The van der Waals surface area contributed by atoms with Gasteiger partial charge in [-0.25, -0.2) is 8.42 Å². The largest absolute Gasteiger partial charge is 0.354 e. The fourth-order valence-corrected chi connectivity index (χ4v) is 5.53. The summed E-state index contributed by atoms with van der Waals surface area (Å²) < 4.78 is 27.8. The lowest BCUT2D eigenvalue weighted by molar-refractivity contribution is 0.0945. The van der Waals surface area contributed by atoms with Crippen LogP contribution in [0, 0.1) is 6.92 Å². The van der Waals surface area contributed by atoms with Crippen LogP contribution in [0.5, 0.6) is 0 Å². The maximum atomic E-state index is 13.1. The third kappa shape index (κ3) is 5.37. The van der Waals surface area contributed by atoms with Crippen LogP contribution in [0.2, 0.25) is 0 Å². The number of nitrogens with one attached hydrogen (secondary N) is 1. The highest BCUT2D eigenvalue weighted by atomic mass is 32.2. The third-order valence-corrected chi connectivity index (χ3v) is 7.73. The number of sulfonamides is 1. The van der Waals surface area contributed by atoms with Crippen LogP contribution >= 0.6 is 0 Å². The summed E-state index contributed by atoms with van der Waals surface area (Å²) in [5, 5.41) is 11.2. The number of hydrogen-bond donors (Lipinski definition) is 1. The summed E-state index contributed by atoms with van der Waals surface area (Å²) in [6.45, 7) is 4.19. The molecule has 0 spiro atoms. The van der Waals surface area contributed by atoms with Crippen molar-refractivity contribution in [3.63, 3.8) is 0 Å². The van der Waals surface area contributed by atoms with Gasteiger partial charge in [-0.15, -0.1) is 10.2 Å². The molecule has 1 amide bonds. The Bertz CT molecular complexity index is 1200. The number of nitrogens with zero attached hydrogens (tertiary/aromatic N) is 4. The zero-order valence-electron chi connectivity index (χ0n) is 18.5. The molecule has 0 radical (unpaired) electrons. The first kappa shape index (κ1) is 22.9. The first-order valence-electron chi connectivity index (χ1n) is 10.9. The molecule has 33 heavy (non-hydrogen) atoms. The van der Waals surface area contributed by atoms with Gasteiger partial charge in [0.25, 0.3) is 5.91 Å². The standard InChI is InChI=1S/C24H27N5O3S/c1-19-8-5-6-11-22(19)33(31,32)29-15-7-14-28(16-17-29)23-13-12-21(26-27-23)24(30)25-18-20-9-3-2-4-10-20/h2-6,8-13H,7,14-18H2,1H3,(H,25,30). The van der Waals surface area contributed by atoms with Crippen molar-refractivity contribution in [2.45, 2.75) is 24.8 Å². The number of aryl methyl sites for hydroxylation is 1. The van der Waals surface area contributed by atoms with Crippen LogP contribution < -0.4 is 10.2 Å². The highest BCUT2D eigenvalue weighted by molar-refractivity contribution is 7.89. The molecule has 0 unspecified atom stereocenters. The second-order valence-electron chi connectivity index (χ2n) is 7.96. The van der Waals surface area contributed by atoms with Crippen molar-refractivity contribution in [1.82, 2.24) is 19.8 Å². The summed E-state index contributed by atoms with van der Waals surface area (Å²) >= 11 is 0. The van der Waals surface area contributed by atoms with Crippen LogP contribution in [0.4, 0.5) is 5.82 Å². The lowest BCUT2D eigenvalue weighted by Crippen LogP contribution is -2.35. The molecule has 4 rings (SSSR count). The average Bonchev–Trinajstić information content (AvgIpc) is 3.10. The van der Waals surface area contributed by atoms with Gasteiger partial charge >= 0.3 is 0 Å². The lowest BCUT2D eigenvalue weighted by atomic mass is 10.2. The van der Waals surface area contributed by atoms with Gasteiger partial charge in [0, 0.05) is 32.7 Å². The van der Waals surface area contributed by atoms with Crippen molar-refractivity contribution in [3.05, 3.63) is 83.6 Å². The number of anilines is 1. The van der Waals surface area contributed by atoms with Crippen LogP contribution in [-0.2, 0) is 16.6 Å². The maximum absolute atomic E-state index is 13.1.